The van der Waals surface area contributed by atoms with Gasteiger partial charge in [0.15, 0.2) is 0 Å². The third-order valence-electron chi connectivity index (χ3n) is 3.63. The molecule has 1 aliphatic rings. The number of para-hydroxylation sites is 1. The Hall–Kier alpha value is -1.15. The zero-order valence-electron chi connectivity index (χ0n) is 12.0. The molecule has 21 heavy (non-hydrogen) atoms. The predicted molar refractivity (Wildman–Crippen MR) is 82.3 cm³/mol. The Balaban J connectivity index is 1.83. The van der Waals surface area contributed by atoms with Gasteiger partial charge in [-0.15, -0.1) is 0 Å². The summed E-state index contributed by atoms with van der Waals surface area (Å²) in [6.45, 7) is 0.653. The van der Waals surface area contributed by atoms with Crippen LogP contribution in [0.3, 0.4) is 0 Å². The first-order valence-electron chi connectivity index (χ1n) is 7.30. The van der Waals surface area contributed by atoms with Crippen molar-refractivity contribution in [3.05, 3.63) is 24.3 Å². The smallest absolute Gasteiger partial charge is 0.242 e. The van der Waals surface area contributed by atoms with Crippen molar-refractivity contribution in [2.75, 3.05) is 18.6 Å². The molecule has 0 bridgehead atoms. The monoisotopic (exact) mass is 313 g/mol. The highest BCUT2D eigenvalue weighted by Gasteiger charge is 2.18. The van der Waals surface area contributed by atoms with Gasteiger partial charge in [-0.2, -0.15) is 0 Å². The molecule has 0 amide bonds. The molecule has 1 saturated carbocycles. The standard InChI is InChI=1S/C14H23N3O3S/c15-17-13-8-4-5-9-14(13)21(18,19)16-10-11-20-12-6-2-1-3-7-12/h4-5,8-9,12,16-17H,1-3,6-7,10-11,15H2. The lowest BCUT2D eigenvalue weighted by atomic mass is 9.98. The summed E-state index contributed by atoms with van der Waals surface area (Å²) in [6, 6.07) is 6.51. The van der Waals surface area contributed by atoms with E-state index in [1.807, 2.05) is 0 Å². The summed E-state index contributed by atoms with van der Waals surface area (Å²) in [6.07, 6.45) is 6.10. The molecule has 0 atom stereocenters. The minimum Gasteiger partial charge on any atom is -0.377 e. The summed E-state index contributed by atoms with van der Waals surface area (Å²) in [7, 11) is -3.58. The average molecular weight is 313 g/mol. The highest BCUT2D eigenvalue weighted by atomic mass is 32.2. The maximum atomic E-state index is 12.2. The van der Waals surface area contributed by atoms with E-state index in [0.717, 1.165) is 12.8 Å². The van der Waals surface area contributed by atoms with E-state index >= 15 is 0 Å². The fourth-order valence-electron chi connectivity index (χ4n) is 2.53. The third-order valence-corrected chi connectivity index (χ3v) is 5.15. The summed E-state index contributed by atoms with van der Waals surface area (Å²) in [5, 5.41) is 0. The molecular weight excluding hydrogens is 290 g/mol. The zero-order chi connectivity index (χ0) is 15.1. The van der Waals surface area contributed by atoms with E-state index in [1.165, 1.54) is 25.3 Å². The van der Waals surface area contributed by atoms with Crippen molar-refractivity contribution in [2.24, 2.45) is 5.84 Å². The lowest BCUT2D eigenvalue weighted by molar-refractivity contribution is 0.0321. The first kappa shape index (κ1) is 16.2. The largest absolute Gasteiger partial charge is 0.377 e. The number of sulfonamides is 1. The number of nitrogen functional groups attached to an aromatic ring is 1. The summed E-state index contributed by atoms with van der Waals surface area (Å²) in [5.41, 5.74) is 2.77. The Morgan fingerprint density at radius 3 is 2.62 bits per heavy atom. The number of hydrazine groups is 1. The van der Waals surface area contributed by atoms with Gasteiger partial charge in [-0.05, 0) is 25.0 Å². The van der Waals surface area contributed by atoms with Crippen LogP contribution in [0.5, 0.6) is 0 Å². The number of hydrogen-bond donors (Lipinski definition) is 3. The Bertz CT molecular complexity index is 542. The molecule has 1 aliphatic carbocycles. The van der Waals surface area contributed by atoms with Gasteiger partial charge in [0.25, 0.3) is 0 Å². The van der Waals surface area contributed by atoms with Crippen molar-refractivity contribution < 1.29 is 13.2 Å². The fraction of sp³-hybridized carbons (Fsp3) is 0.571. The molecule has 1 fully saturated rings. The molecule has 0 saturated heterocycles. The molecule has 0 heterocycles. The molecule has 118 valence electrons. The van der Waals surface area contributed by atoms with Crippen LogP contribution < -0.4 is 16.0 Å². The minimum atomic E-state index is -3.58. The molecule has 1 aromatic rings. The topological polar surface area (TPSA) is 93.5 Å². The molecule has 2 rings (SSSR count). The van der Waals surface area contributed by atoms with Crippen LogP contribution in [0.15, 0.2) is 29.2 Å². The van der Waals surface area contributed by atoms with E-state index in [9.17, 15) is 8.42 Å². The van der Waals surface area contributed by atoms with Crippen LogP contribution in [0.4, 0.5) is 5.69 Å². The maximum Gasteiger partial charge on any atom is 0.242 e. The highest BCUT2D eigenvalue weighted by Crippen LogP contribution is 2.21. The zero-order valence-corrected chi connectivity index (χ0v) is 12.9. The van der Waals surface area contributed by atoms with Gasteiger partial charge in [0.2, 0.25) is 10.0 Å². The molecule has 0 aliphatic heterocycles. The minimum absolute atomic E-state index is 0.144. The Morgan fingerprint density at radius 1 is 1.19 bits per heavy atom. The lowest BCUT2D eigenvalue weighted by Crippen LogP contribution is -2.30. The number of anilines is 1. The van der Waals surface area contributed by atoms with Gasteiger partial charge in [0.1, 0.15) is 4.90 Å². The summed E-state index contributed by atoms with van der Waals surface area (Å²) < 4.78 is 32.6. The van der Waals surface area contributed by atoms with Crippen LogP contribution >= 0.6 is 0 Å². The van der Waals surface area contributed by atoms with Gasteiger partial charge in [-0.3, -0.25) is 5.84 Å². The Kier molecular flexibility index (Phi) is 5.98. The summed E-state index contributed by atoms with van der Waals surface area (Å²) in [5.74, 6) is 5.33. The van der Waals surface area contributed by atoms with Gasteiger partial charge in [-0.25, -0.2) is 13.1 Å². The second kappa shape index (κ2) is 7.74. The number of nitrogens with two attached hydrogens (primary N) is 1. The lowest BCUT2D eigenvalue weighted by Gasteiger charge is -2.22. The normalized spacial score (nSPS) is 16.8. The Morgan fingerprint density at radius 2 is 1.90 bits per heavy atom. The van der Waals surface area contributed by atoms with E-state index in [4.69, 9.17) is 10.6 Å². The molecule has 0 unspecified atom stereocenters. The first-order chi connectivity index (χ1) is 10.1. The van der Waals surface area contributed by atoms with Crippen molar-refractivity contribution in [3.8, 4) is 0 Å². The summed E-state index contributed by atoms with van der Waals surface area (Å²) >= 11 is 0. The number of rotatable bonds is 7. The van der Waals surface area contributed by atoms with E-state index < -0.39 is 10.0 Å². The second-order valence-electron chi connectivity index (χ2n) is 5.17. The van der Waals surface area contributed by atoms with Crippen molar-refractivity contribution in [2.45, 2.75) is 43.1 Å². The average Bonchev–Trinajstić information content (AvgIpc) is 2.52. The SMILES string of the molecule is NNc1ccccc1S(=O)(=O)NCCOC1CCCCC1. The van der Waals surface area contributed by atoms with Crippen LogP contribution in [-0.2, 0) is 14.8 Å². The molecule has 7 heteroatoms. The van der Waals surface area contributed by atoms with E-state index in [1.54, 1.807) is 18.2 Å². The molecule has 4 N–H and O–H groups in total. The van der Waals surface area contributed by atoms with Gasteiger partial charge < -0.3 is 10.2 Å². The molecule has 6 nitrogen and oxygen atoms in total. The quantitative estimate of drug-likeness (QED) is 0.404. The highest BCUT2D eigenvalue weighted by molar-refractivity contribution is 7.89. The van der Waals surface area contributed by atoms with Crippen molar-refractivity contribution >= 4 is 15.7 Å². The number of ether oxygens (including phenoxy) is 1. The second-order valence-corrected chi connectivity index (χ2v) is 6.90. The van der Waals surface area contributed by atoms with Gasteiger partial charge >= 0.3 is 0 Å². The molecule has 0 radical (unpaired) electrons. The van der Waals surface area contributed by atoms with Crippen molar-refractivity contribution in [1.29, 1.82) is 0 Å². The number of hydrogen-bond acceptors (Lipinski definition) is 5. The van der Waals surface area contributed by atoms with Crippen LogP contribution in [0, 0.1) is 0 Å². The van der Waals surface area contributed by atoms with Gasteiger partial charge in [0, 0.05) is 6.54 Å². The fourth-order valence-corrected chi connectivity index (χ4v) is 3.71. The van der Waals surface area contributed by atoms with E-state index in [-0.39, 0.29) is 17.5 Å². The van der Waals surface area contributed by atoms with Crippen molar-refractivity contribution in [3.63, 3.8) is 0 Å². The Labute approximate surface area is 126 Å². The van der Waals surface area contributed by atoms with E-state index in [0.29, 0.717) is 12.3 Å². The van der Waals surface area contributed by atoms with Gasteiger partial charge in [0.05, 0.1) is 18.4 Å². The van der Waals surface area contributed by atoms with E-state index in [2.05, 4.69) is 10.1 Å². The third kappa shape index (κ3) is 4.67. The molecular formula is C14H23N3O3S. The van der Waals surface area contributed by atoms with Crippen LogP contribution in [0.2, 0.25) is 0 Å². The summed E-state index contributed by atoms with van der Waals surface area (Å²) in [4.78, 5) is 0.144. The van der Waals surface area contributed by atoms with Crippen molar-refractivity contribution in [1.82, 2.24) is 4.72 Å². The predicted octanol–water partition coefficient (Wildman–Crippen LogP) is 1.60. The molecule has 0 aromatic heterocycles. The molecule has 0 spiro atoms. The number of benzene rings is 1. The maximum absolute atomic E-state index is 12.2. The van der Waals surface area contributed by atoms with Gasteiger partial charge in [-0.1, -0.05) is 31.4 Å². The first-order valence-corrected chi connectivity index (χ1v) is 8.79. The molecule has 1 aromatic carbocycles. The number of nitrogens with one attached hydrogen (secondary N) is 2. The van der Waals surface area contributed by atoms with Crippen LogP contribution in [-0.4, -0.2) is 27.7 Å². The van der Waals surface area contributed by atoms with Crippen LogP contribution in [0.25, 0.3) is 0 Å². The van der Waals surface area contributed by atoms with Crippen LogP contribution in [0.1, 0.15) is 32.1 Å².